The Balaban J connectivity index is 0.000000190. The molecule has 364 valence electrons. The van der Waals surface area contributed by atoms with Crippen molar-refractivity contribution in [2.24, 2.45) is 10.9 Å². The highest BCUT2D eigenvalue weighted by Gasteiger charge is 2.26. The van der Waals surface area contributed by atoms with Gasteiger partial charge < -0.3 is 33.6 Å². The predicted octanol–water partition coefficient (Wildman–Crippen LogP) is 11.0. The van der Waals surface area contributed by atoms with E-state index in [2.05, 4.69) is 25.3 Å². The van der Waals surface area contributed by atoms with Crippen molar-refractivity contribution in [1.82, 2.24) is 38.4 Å². The van der Waals surface area contributed by atoms with Crippen molar-refractivity contribution in [3.63, 3.8) is 0 Å². The van der Waals surface area contributed by atoms with Gasteiger partial charge in [0.1, 0.15) is 22.9 Å². The van der Waals surface area contributed by atoms with Crippen LogP contribution in [0, 0.1) is 48.8 Å². The first-order valence-electron chi connectivity index (χ1n) is 21.3. The lowest BCUT2D eigenvalue weighted by atomic mass is 10.0. The first-order valence-corrected chi connectivity index (χ1v) is 22.1. The number of hydrogen-bond donors (Lipinski definition) is 1. The highest BCUT2D eigenvalue weighted by atomic mass is 35.5. The van der Waals surface area contributed by atoms with Gasteiger partial charge in [0.2, 0.25) is 0 Å². The minimum absolute atomic E-state index is 0.0367. The van der Waals surface area contributed by atoms with Crippen LogP contribution in [0.3, 0.4) is 0 Å². The summed E-state index contributed by atoms with van der Waals surface area (Å²) >= 11 is 12.7. The van der Waals surface area contributed by atoms with Crippen LogP contribution in [-0.2, 0) is 0 Å². The Morgan fingerprint density at radius 3 is 1.65 bits per heavy atom. The molecular formula is C50H40Cl2F6N10O3. The molecule has 2 atom stereocenters. The molecule has 0 spiro atoms. The van der Waals surface area contributed by atoms with Crippen molar-refractivity contribution >= 4 is 28.9 Å². The predicted molar refractivity (Wildman–Crippen MR) is 256 cm³/mol. The molecule has 71 heavy (non-hydrogen) atoms. The van der Waals surface area contributed by atoms with Crippen LogP contribution in [0.1, 0.15) is 59.6 Å². The van der Waals surface area contributed by atoms with Crippen LogP contribution in [0.25, 0.3) is 34.0 Å². The molecule has 2 N–H and O–H groups in total. The van der Waals surface area contributed by atoms with E-state index in [0.29, 0.717) is 44.9 Å². The van der Waals surface area contributed by atoms with Gasteiger partial charge in [-0.1, -0.05) is 35.3 Å². The fourth-order valence-electron chi connectivity index (χ4n) is 7.97. The van der Waals surface area contributed by atoms with Gasteiger partial charge in [-0.05, 0) is 99.5 Å². The van der Waals surface area contributed by atoms with Crippen LogP contribution < -0.4 is 20.9 Å². The zero-order valence-corrected chi connectivity index (χ0v) is 39.9. The average molecular weight is 1010 g/mol. The molecular weight excluding hydrogens is 974 g/mol. The lowest BCUT2D eigenvalue weighted by Crippen LogP contribution is -2.30. The fraction of sp³-hybridized carbons (Fsp3) is 0.160. The molecule has 0 aliphatic carbocycles. The molecule has 0 bridgehead atoms. The van der Waals surface area contributed by atoms with E-state index in [0.717, 1.165) is 46.9 Å². The molecule has 13 nitrogen and oxygen atoms in total. The first-order chi connectivity index (χ1) is 33.9. The summed E-state index contributed by atoms with van der Waals surface area (Å²) in [5.41, 5.74) is 5.46. The molecule has 1 unspecified atom stereocenters. The minimum atomic E-state index is -1.59. The van der Waals surface area contributed by atoms with E-state index in [1.54, 1.807) is 66.3 Å². The second-order valence-electron chi connectivity index (χ2n) is 16.2. The number of halogens is 8. The summed E-state index contributed by atoms with van der Waals surface area (Å²) in [6.07, 6.45) is 9.97. The van der Waals surface area contributed by atoms with Gasteiger partial charge in [0.15, 0.2) is 40.7 Å². The Kier molecular flexibility index (Phi) is 14.1. The number of methoxy groups -OCH3 is 2. The van der Waals surface area contributed by atoms with Gasteiger partial charge in [0.05, 0.1) is 77.3 Å². The van der Waals surface area contributed by atoms with Gasteiger partial charge in [-0.25, -0.2) is 36.3 Å². The van der Waals surface area contributed by atoms with Crippen molar-refractivity contribution in [2.45, 2.75) is 39.8 Å². The summed E-state index contributed by atoms with van der Waals surface area (Å²) in [6, 6.07) is 15.9. The second-order valence-corrected chi connectivity index (χ2v) is 17.1. The van der Waals surface area contributed by atoms with Crippen LogP contribution in [0.2, 0.25) is 10.0 Å². The van der Waals surface area contributed by atoms with Gasteiger partial charge in [-0.2, -0.15) is 5.10 Å². The number of benzene rings is 4. The normalized spacial score (nSPS) is 12.5. The van der Waals surface area contributed by atoms with Crippen LogP contribution >= 0.6 is 23.2 Å². The van der Waals surface area contributed by atoms with Crippen LogP contribution in [0.5, 0.6) is 11.5 Å². The standard InChI is InChI=1S/C25H21ClF3N5O2.C25H19ClF3N5O/c1-13-10-33(12-31-13)21-5-4-15(8-22(21)36-3)24(32-30)18-9-17(26)11-34(25(18)35)14(2)16-6-19(27)23(29)20(28)7-16;1-13-10-33(12-30-13)21-5-4-15(8-22(21)35-3)24-18-9-17(26)11-34(25(18)32-31-24)14(2)16-6-19(27)23(29)20(28)7-16/h4-12,14H,30H2,1-3H3;4-12,14H,1-3H3/b32-24+;/t;14-/m.0/s1. The Hall–Kier alpha value is -7.90. The van der Waals surface area contributed by atoms with Crippen LogP contribution in [-0.4, -0.2) is 58.4 Å². The van der Waals surface area contributed by atoms with E-state index in [1.807, 2.05) is 49.0 Å². The van der Waals surface area contributed by atoms with E-state index >= 15 is 0 Å². The SMILES string of the molecule is COc1cc(-c2nnc3n([C@@H](C)c4cc(F)c(F)c(F)c4)cc(Cl)cc2-3)ccc1-n1cnc(C)c1.COc1cc(/C(=N\N)c2cc(Cl)cn(C(C)c3cc(F)c(F)c(F)c3)c2=O)ccc1-n1cnc(C)c1. The molecule has 0 amide bonds. The lowest BCUT2D eigenvalue weighted by Gasteiger charge is -2.20. The summed E-state index contributed by atoms with van der Waals surface area (Å²) < 4.78 is 99.9. The zero-order valence-electron chi connectivity index (χ0n) is 38.4. The zero-order chi connectivity index (χ0) is 51.0. The smallest absolute Gasteiger partial charge is 0.260 e. The van der Waals surface area contributed by atoms with Crippen LogP contribution in [0.15, 0.2) is 120 Å². The van der Waals surface area contributed by atoms with Gasteiger partial charge in [0, 0.05) is 41.5 Å². The van der Waals surface area contributed by atoms with Gasteiger partial charge in [-0.3, -0.25) is 4.79 Å². The third-order valence-electron chi connectivity index (χ3n) is 11.6. The number of fused-ring (bicyclic) bond motifs is 1. The van der Waals surface area contributed by atoms with Crippen molar-refractivity contribution in [2.75, 3.05) is 14.2 Å². The van der Waals surface area contributed by atoms with E-state index in [-0.39, 0.29) is 27.4 Å². The maximum absolute atomic E-state index is 13.9. The highest BCUT2D eigenvalue weighted by Crippen LogP contribution is 2.39. The Morgan fingerprint density at radius 2 is 1.14 bits per heavy atom. The first kappa shape index (κ1) is 49.5. The largest absolute Gasteiger partial charge is 0.495 e. The van der Waals surface area contributed by atoms with E-state index in [1.165, 1.54) is 30.9 Å². The molecule has 0 saturated carbocycles. The minimum Gasteiger partial charge on any atom is -0.495 e. The highest BCUT2D eigenvalue weighted by molar-refractivity contribution is 6.31. The number of aromatic nitrogens is 8. The number of aryl methyl sites for hydroxylation is 2. The summed E-state index contributed by atoms with van der Waals surface area (Å²) in [6.45, 7) is 6.99. The fourth-order valence-corrected chi connectivity index (χ4v) is 8.40. The number of pyridine rings is 2. The van der Waals surface area contributed by atoms with E-state index in [9.17, 15) is 31.1 Å². The lowest BCUT2D eigenvalue weighted by molar-refractivity contribution is 0.412. The molecule has 0 radical (unpaired) electrons. The summed E-state index contributed by atoms with van der Waals surface area (Å²) in [5.74, 6) is -1.13. The maximum atomic E-state index is 13.9. The third-order valence-corrected chi connectivity index (χ3v) is 12.0. The van der Waals surface area contributed by atoms with Crippen molar-refractivity contribution in [3.8, 4) is 45.5 Å². The number of imidazole rings is 2. The van der Waals surface area contributed by atoms with Crippen LogP contribution in [0.4, 0.5) is 26.3 Å². The number of ether oxygens (including phenoxy) is 2. The van der Waals surface area contributed by atoms with Crippen molar-refractivity contribution in [3.05, 3.63) is 199 Å². The molecule has 0 saturated heterocycles. The Labute approximate surface area is 411 Å². The summed E-state index contributed by atoms with van der Waals surface area (Å²) in [5, 5.41) is 13.0. The molecule has 3 aromatic heterocycles. The topological polar surface area (TPSA) is 145 Å². The number of rotatable bonds is 11. The second kappa shape index (κ2) is 20.2. The Morgan fingerprint density at radius 1 is 0.648 bits per heavy atom. The molecule has 21 heteroatoms. The van der Waals surface area contributed by atoms with E-state index < -0.39 is 52.5 Å². The number of nitrogens with two attached hydrogens (primary N) is 1. The monoisotopic (exact) mass is 1010 g/mol. The molecule has 2 aliphatic heterocycles. The number of hydrogen-bond acceptors (Lipinski definition) is 9. The number of hydrazone groups is 1. The maximum Gasteiger partial charge on any atom is 0.260 e. The van der Waals surface area contributed by atoms with Gasteiger partial charge >= 0.3 is 0 Å². The Bertz CT molecular complexity index is 3490. The molecule has 9 rings (SSSR count). The third kappa shape index (κ3) is 9.82. The van der Waals surface area contributed by atoms with Gasteiger partial charge in [-0.15, -0.1) is 10.2 Å². The molecule has 5 heterocycles. The van der Waals surface area contributed by atoms with Crippen molar-refractivity contribution in [1.29, 1.82) is 0 Å². The summed E-state index contributed by atoms with van der Waals surface area (Å²) in [7, 11) is 3.08. The molecule has 7 aromatic rings. The van der Waals surface area contributed by atoms with Crippen molar-refractivity contribution < 1.29 is 35.8 Å². The molecule has 0 fully saturated rings. The summed E-state index contributed by atoms with van der Waals surface area (Å²) in [4.78, 5) is 21.9. The molecule has 4 aromatic carbocycles. The van der Waals surface area contributed by atoms with E-state index in [4.69, 9.17) is 38.5 Å². The quantitative estimate of drug-likeness (QED) is 0.0443. The average Bonchev–Trinajstić information content (AvgIpc) is 4.12. The molecule has 2 aliphatic rings. The van der Waals surface area contributed by atoms with Gasteiger partial charge in [0.25, 0.3) is 5.56 Å². The number of nitrogens with zero attached hydrogens (tertiary/aromatic N) is 9.